The van der Waals surface area contributed by atoms with Crippen LogP contribution < -0.4 is 9.47 Å². The molecule has 1 aromatic carbocycles. The zero-order valence-electron chi connectivity index (χ0n) is 9.16. The topological polar surface area (TPSA) is 81.5 Å². The highest BCUT2D eigenvalue weighted by Crippen LogP contribution is 2.34. The Morgan fingerprint density at radius 3 is 2.89 bits per heavy atom. The summed E-state index contributed by atoms with van der Waals surface area (Å²) >= 11 is 0. The largest absolute Gasteiger partial charge is 0.477 e. The second kappa shape index (κ2) is 3.99. The molecule has 0 spiro atoms. The van der Waals surface area contributed by atoms with E-state index in [9.17, 15) is 4.79 Å². The number of nitrogens with zero attached hydrogens (tertiary/aromatic N) is 2. The highest BCUT2D eigenvalue weighted by Gasteiger charge is 2.15. The molecule has 0 saturated carbocycles. The number of carboxylic acid groups (broad SMARTS) is 1. The zero-order chi connectivity index (χ0) is 12.5. The first kappa shape index (κ1) is 10.5. The van der Waals surface area contributed by atoms with Gasteiger partial charge in [-0.2, -0.15) is 0 Å². The molecule has 6 nitrogen and oxygen atoms in total. The summed E-state index contributed by atoms with van der Waals surface area (Å²) in [4.78, 5) is 18.8. The van der Waals surface area contributed by atoms with Crippen molar-refractivity contribution < 1.29 is 19.4 Å². The van der Waals surface area contributed by atoms with Gasteiger partial charge in [-0.05, 0) is 24.3 Å². The Labute approximate surface area is 102 Å². The Balaban J connectivity index is 2.04. The highest BCUT2D eigenvalue weighted by atomic mass is 16.7. The third-order valence-electron chi connectivity index (χ3n) is 2.51. The third kappa shape index (κ3) is 1.73. The lowest BCUT2D eigenvalue weighted by Crippen LogP contribution is -2.02. The fraction of sp³-hybridized carbons (Fsp3) is 0.0833. The number of carboxylic acids is 1. The van der Waals surface area contributed by atoms with Crippen LogP contribution in [0, 0.1) is 0 Å². The lowest BCUT2D eigenvalue weighted by Gasteiger charge is -2.02. The minimum absolute atomic E-state index is 0.0438. The van der Waals surface area contributed by atoms with Crippen molar-refractivity contribution >= 4 is 5.97 Å². The smallest absolute Gasteiger partial charge is 0.354 e. The normalized spacial score (nSPS) is 12.4. The molecular weight excluding hydrogens is 236 g/mol. The number of rotatable bonds is 2. The fourth-order valence-electron chi connectivity index (χ4n) is 1.65. The summed E-state index contributed by atoms with van der Waals surface area (Å²) in [7, 11) is 0. The van der Waals surface area contributed by atoms with Gasteiger partial charge in [-0.1, -0.05) is 0 Å². The van der Waals surface area contributed by atoms with E-state index in [0.717, 1.165) is 0 Å². The van der Waals surface area contributed by atoms with Crippen molar-refractivity contribution in [3.63, 3.8) is 0 Å². The van der Waals surface area contributed by atoms with Crippen LogP contribution in [0.1, 0.15) is 10.5 Å². The quantitative estimate of drug-likeness (QED) is 0.863. The van der Waals surface area contributed by atoms with Crippen LogP contribution in [0.2, 0.25) is 0 Å². The van der Waals surface area contributed by atoms with Gasteiger partial charge in [0.25, 0.3) is 0 Å². The number of carbonyl (C=O) groups is 1. The van der Waals surface area contributed by atoms with Crippen molar-refractivity contribution in [2.45, 2.75) is 0 Å². The molecule has 1 aromatic heterocycles. The van der Waals surface area contributed by atoms with E-state index in [4.69, 9.17) is 14.6 Å². The Kier molecular flexibility index (Phi) is 2.33. The molecule has 1 aliphatic heterocycles. The molecule has 2 aromatic rings. The zero-order valence-corrected chi connectivity index (χ0v) is 9.16. The number of hydrogen-bond donors (Lipinski definition) is 1. The molecule has 2 heterocycles. The fourth-order valence-corrected chi connectivity index (χ4v) is 1.65. The first-order chi connectivity index (χ1) is 8.74. The van der Waals surface area contributed by atoms with Crippen LogP contribution in [0.5, 0.6) is 11.5 Å². The first-order valence-electron chi connectivity index (χ1n) is 5.20. The van der Waals surface area contributed by atoms with Crippen LogP contribution in [0.15, 0.2) is 30.5 Å². The van der Waals surface area contributed by atoms with Crippen molar-refractivity contribution in [2.75, 3.05) is 6.79 Å². The van der Waals surface area contributed by atoms with Crippen LogP contribution in [0.3, 0.4) is 0 Å². The summed E-state index contributed by atoms with van der Waals surface area (Å²) < 4.78 is 10.4. The molecule has 0 saturated heterocycles. The summed E-state index contributed by atoms with van der Waals surface area (Å²) in [5.74, 6) is 0.526. The molecule has 6 heteroatoms. The Morgan fingerprint density at radius 2 is 2.06 bits per heavy atom. The molecule has 0 bridgehead atoms. The molecule has 0 unspecified atom stereocenters. The summed E-state index contributed by atoms with van der Waals surface area (Å²) in [6, 6.07) is 6.57. The van der Waals surface area contributed by atoms with Crippen LogP contribution in [0.25, 0.3) is 11.4 Å². The maximum atomic E-state index is 10.8. The Bertz CT molecular complexity index is 627. The van der Waals surface area contributed by atoms with E-state index in [0.29, 0.717) is 22.9 Å². The molecule has 0 radical (unpaired) electrons. The van der Waals surface area contributed by atoms with E-state index in [1.165, 1.54) is 12.3 Å². The Hall–Kier alpha value is -2.63. The number of hydrogen-bond acceptors (Lipinski definition) is 5. The molecule has 0 aliphatic carbocycles. The van der Waals surface area contributed by atoms with E-state index < -0.39 is 5.97 Å². The van der Waals surface area contributed by atoms with E-state index >= 15 is 0 Å². The number of benzene rings is 1. The van der Waals surface area contributed by atoms with Gasteiger partial charge in [0.2, 0.25) is 6.79 Å². The van der Waals surface area contributed by atoms with Crippen molar-refractivity contribution in [3.05, 3.63) is 36.2 Å². The van der Waals surface area contributed by atoms with E-state index in [2.05, 4.69) is 9.97 Å². The lowest BCUT2D eigenvalue weighted by atomic mass is 10.2. The molecule has 0 amide bonds. The molecule has 0 fully saturated rings. The average Bonchev–Trinajstić information content (AvgIpc) is 2.86. The minimum atomic E-state index is -1.08. The van der Waals surface area contributed by atoms with Crippen molar-refractivity contribution in [2.24, 2.45) is 0 Å². The molecule has 1 aliphatic rings. The number of fused-ring (bicyclic) bond motifs is 1. The highest BCUT2D eigenvalue weighted by molar-refractivity contribution is 5.85. The van der Waals surface area contributed by atoms with Gasteiger partial charge in [-0.25, -0.2) is 14.8 Å². The molecular formula is C12H8N2O4. The molecule has 3 rings (SSSR count). The van der Waals surface area contributed by atoms with Gasteiger partial charge in [0, 0.05) is 11.8 Å². The van der Waals surface area contributed by atoms with Crippen LogP contribution >= 0.6 is 0 Å². The lowest BCUT2D eigenvalue weighted by molar-refractivity contribution is 0.0690. The number of ether oxygens (including phenoxy) is 2. The van der Waals surface area contributed by atoms with Crippen molar-refractivity contribution in [1.82, 2.24) is 9.97 Å². The van der Waals surface area contributed by atoms with Gasteiger partial charge >= 0.3 is 5.97 Å². The van der Waals surface area contributed by atoms with Gasteiger partial charge in [-0.15, -0.1) is 0 Å². The molecule has 0 atom stereocenters. The number of aromatic nitrogens is 2. The van der Waals surface area contributed by atoms with Gasteiger partial charge in [0.1, 0.15) is 0 Å². The second-order valence-electron chi connectivity index (χ2n) is 3.64. The van der Waals surface area contributed by atoms with Crippen LogP contribution in [-0.2, 0) is 0 Å². The average molecular weight is 244 g/mol. The van der Waals surface area contributed by atoms with Gasteiger partial charge in [-0.3, -0.25) is 0 Å². The van der Waals surface area contributed by atoms with E-state index in [1.807, 2.05) is 0 Å². The monoisotopic (exact) mass is 244 g/mol. The summed E-state index contributed by atoms with van der Waals surface area (Å²) in [5.41, 5.74) is 0.639. The van der Waals surface area contributed by atoms with E-state index in [1.54, 1.807) is 18.2 Å². The van der Waals surface area contributed by atoms with Crippen molar-refractivity contribution in [1.29, 1.82) is 0 Å². The summed E-state index contributed by atoms with van der Waals surface area (Å²) in [6.45, 7) is 0.189. The summed E-state index contributed by atoms with van der Waals surface area (Å²) in [5, 5.41) is 8.88. The van der Waals surface area contributed by atoms with Crippen LogP contribution in [0.4, 0.5) is 0 Å². The Morgan fingerprint density at radius 1 is 1.22 bits per heavy atom. The molecule has 18 heavy (non-hydrogen) atoms. The second-order valence-corrected chi connectivity index (χ2v) is 3.64. The van der Waals surface area contributed by atoms with Crippen molar-refractivity contribution in [3.8, 4) is 22.9 Å². The maximum absolute atomic E-state index is 10.8. The van der Waals surface area contributed by atoms with E-state index in [-0.39, 0.29) is 12.5 Å². The predicted octanol–water partition coefficient (Wildman–Crippen LogP) is 1.57. The SMILES string of the molecule is O=C(O)c1ccnc(-c2ccc3c(c2)OCO3)n1. The predicted molar refractivity (Wildman–Crippen MR) is 60.6 cm³/mol. The standard InChI is InChI=1S/C12H8N2O4/c15-12(16)8-3-4-13-11(14-8)7-1-2-9-10(5-7)18-6-17-9/h1-5H,6H2,(H,15,16). The van der Waals surface area contributed by atoms with Crippen LogP contribution in [-0.4, -0.2) is 27.8 Å². The van der Waals surface area contributed by atoms with Gasteiger partial charge in [0.05, 0.1) is 0 Å². The summed E-state index contributed by atoms with van der Waals surface area (Å²) in [6.07, 6.45) is 1.41. The molecule has 1 N–H and O–H groups in total. The minimum Gasteiger partial charge on any atom is -0.477 e. The number of aromatic carboxylic acids is 1. The van der Waals surface area contributed by atoms with Gasteiger partial charge < -0.3 is 14.6 Å². The third-order valence-corrected chi connectivity index (χ3v) is 2.51. The maximum Gasteiger partial charge on any atom is 0.354 e. The first-order valence-corrected chi connectivity index (χ1v) is 5.20. The molecule has 90 valence electrons. The van der Waals surface area contributed by atoms with Gasteiger partial charge in [0.15, 0.2) is 23.0 Å².